The molecule has 0 atom stereocenters. The second kappa shape index (κ2) is 4.96. The molecule has 0 aliphatic rings. The summed E-state index contributed by atoms with van der Waals surface area (Å²) in [6.45, 7) is 2.02. The molecule has 0 aliphatic heterocycles. The van der Waals surface area contributed by atoms with Crippen LogP contribution in [0.25, 0.3) is 0 Å². The Labute approximate surface area is 111 Å². The van der Waals surface area contributed by atoms with Crippen LogP contribution < -0.4 is 10.9 Å². The molecule has 0 amide bonds. The molecule has 2 aromatic rings. The Morgan fingerprint density at radius 3 is 2.00 bits per heavy atom. The van der Waals surface area contributed by atoms with Crippen molar-refractivity contribution in [2.24, 2.45) is 5.84 Å². The minimum Gasteiger partial charge on any atom is -0.277 e. The van der Waals surface area contributed by atoms with Gasteiger partial charge in [-0.15, -0.1) is 0 Å². The summed E-state index contributed by atoms with van der Waals surface area (Å²) >= 11 is 12.2. The number of nitrogens with zero attached hydrogens (tertiary/aromatic N) is 1. The van der Waals surface area contributed by atoms with Gasteiger partial charge in [-0.1, -0.05) is 47.0 Å². The maximum absolute atomic E-state index is 6.10. The fourth-order valence-electron chi connectivity index (χ4n) is 1.55. The fourth-order valence-corrected chi connectivity index (χ4v) is 2.13. The van der Waals surface area contributed by atoms with Gasteiger partial charge in [0, 0.05) is 0 Å². The lowest BCUT2D eigenvalue weighted by molar-refractivity contribution is 1.09. The van der Waals surface area contributed by atoms with E-state index in [2.05, 4.69) is 0 Å². The Kier molecular flexibility index (Phi) is 3.57. The third kappa shape index (κ3) is 2.55. The number of rotatable bonds is 2. The van der Waals surface area contributed by atoms with Crippen molar-refractivity contribution in [2.75, 3.05) is 5.01 Å². The molecule has 4 heteroatoms. The molecule has 88 valence electrons. The Hall–Kier alpha value is -1.22. The first kappa shape index (κ1) is 12.2. The van der Waals surface area contributed by atoms with Gasteiger partial charge in [-0.25, -0.2) is 5.84 Å². The number of hydrogen-bond donors (Lipinski definition) is 1. The molecule has 0 unspecified atom stereocenters. The van der Waals surface area contributed by atoms with E-state index in [0.29, 0.717) is 15.7 Å². The van der Waals surface area contributed by atoms with Crippen LogP contribution in [0.2, 0.25) is 10.0 Å². The highest BCUT2D eigenvalue weighted by Gasteiger charge is 2.12. The van der Waals surface area contributed by atoms with Crippen molar-refractivity contribution in [3.63, 3.8) is 0 Å². The quantitative estimate of drug-likeness (QED) is 0.648. The van der Waals surface area contributed by atoms with Gasteiger partial charge in [0.2, 0.25) is 0 Å². The number of halogens is 2. The number of hydrogen-bond acceptors (Lipinski definition) is 2. The molecule has 0 radical (unpaired) electrons. The minimum absolute atomic E-state index is 0.528. The summed E-state index contributed by atoms with van der Waals surface area (Å²) in [4.78, 5) is 0. The molecule has 2 rings (SSSR count). The highest BCUT2D eigenvalue weighted by molar-refractivity contribution is 6.39. The van der Waals surface area contributed by atoms with Crippen molar-refractivity contribution in [2.45, 2.75) is 6.92 Å². The Morgan fingerprint density at radius 2 is 1.47 bits per heavy atom. The van der Waals surface area contributed by atoms with Crippen LogP contribution in [0.4, 0.5) is 11.4 Å². The van der Waals surface area contributed by atoms with Crippen LogP contribution in [0.3, 0.4) is 0 Å². The molecule has 0 aliphatic carbocycles. The van der Waals surface area contributed by atoms with Gasteiger partial charge >= 0.3 is 0 Å². The van der Waals surface area contributed by atoms with Crippen LogP contribution in [0.15, 0.2) is 42.5 Å². The predicted octanol–water partition coefficient (Wildman–Crippen LogP) is 4.31. The molecular weight excluding hydrogens is 255 g/mol. The minimum atomic E-state index is 0.528. The summed E-state index contributed by atoms with van der Waals surface area (Å²) in [5.41, 5.74) is 2.62. The summed E-state index contributed by atoms with van der Waals surface area (Å²) in [5.74, 6) is 6.03. The molecule has 0 heterocycles. The zero-order chi connectivity index (χ0) is 12.4. The zero-order valence-corrected chi connectivity index (χ0v) is 10.8. The number of hydrazine groups is 1. The van der Waals surface area contributed by atoms with Crippen LogP contribution in [-0.4, -0.2) is 0 Å². The summed E-state index contributed by atoms with van der Waals surface area (Å²) in [6, 6.07) is 13.1. The smallest absolute Gasteiger partial charge is 0.0947 e. The zero-order valence-electron chi connectivity index (χ0n) is 9.32. The Morgan fingerprint density at radius 1 is 0.941 bits per heavy atom. The lowest BCUT2D eigenvalue weighted by Crippen LogP contribution is -2.25. The molecule has 0 saturated carbocycles. The number of anilines is 2. The monoisotopic (exact) mass is 266 g/mol. The molecule has 0 spiro atoms. The van der Waals surface area contributed by atoms with Crippen molar-refractivity contribution >= 4 is 34.6 Å². The summed E-state index contributed by atoms with van der Waals surface area (Å²) in [6.07, 6.45) is 0. The number of benzene rings is 2. The first-order valence-corrected chi connectivity index (χ1v) is 5.90. The Bertz CT molecular complexity index is 503. The first-order chi connectivity index (χ1) is 8.09. The van der Waals surface area contributed by atoms with Crippen LogP contribution in [0, 0.1) is 6.92 Å². The van der Waals surface area contributed by atoms with Crippen molar-refractivity contribution < 1.29 is 0 Å². The van der Waals surface area contributed by atoms with Gasteiger partial charge in [-0.2, -0.15) is 0 Å². The van der Waals surface area contributed by atoms with E-state index >= 15 is 0 Å². The van der Waals surface area contributed by atoms with Crippen molar-refractivity contribution in [3.05, 3.63) is 58.1 Å². The van der Waals surface area contributed by atoms with Gasteiger partial charge in [0.15, 0.2) is 0 Å². The van der Waals surface area contributed by atoms with E-state index in [4.69, 9.17) is 29.0 Å². The molecule has 2 N–H and O–H groups in total. The van der Waals surface area contributed by atoms with E-state index in [9.17, 15) is 0 Å². The van der Waals surface area contributed by atoms with Gasteiger partial charge in [0.25, 0.3) is 0 Å². The van der Waals surface area contributed by atoms with Crippen LogP contribution in [0.5, 0.6) is 0 Å². The maximum Gasteiger partial charge on any atom is 0.0947 e. The van der Waals surface area contributed by atoms with E-state index < -0.39 is 0 Å². The van der Waals surface area contributed by atoms with Crippen molar-refractivity contribution in [1.29, 1.82) is 0 Å². The second-order valence-electron chi connectivity index (χ2n) is 3.78. The number of nitrogens with two attached hydrogens (primary N) is 1. The molecular formula is C13H12Cl2N2. The summed E-state index contributed by atoms with van der Waals surface area (Å²) < 4.78 is 0. The molecule has 0 fully saturated rings. The number of aryl methyl sites for hydroxylation is 1. The molecule has 0 aromatic heterocycles. The van der Waals surface area contributed by atoms with Gasteiger partial charge in [-0.3, -0.25) is 5.01 Å². The lowest BCUT2D eigenvalue weighted by Gasteiger charge is -2.21. The molecule has 0 saturated heterocycles. The van der Waals surface area contributed by atoms with Gasteiger partial charge in [-0.05, 0) is 31.2 Å². The molecule has 2 nitrogen and oxygen atoms in total. The van der Waals surface area contributed by atoms with Gasteiger partial charge in [0.1, 0.15) is 0 Å². The topological polar surface area (TPSA) is 29.3 Å². The van der Waals surface area contributed by atoms with E-state index in [1.165, 1.54) is 10.6 Å². The van der Waals surface area contributed by atoms with Gasteiger partial charge in [0.05, 0.1) is 21.4 Å². The third-order valence-electron chi connectivity index (χ3n) is 2.49. The third-order valence-corrected chi connectivity index (χ3v) is 3.10. The number of para-hydroxylation sites is 1. The Balaban J connectivity index is 2.43. The summed E-state index contributed by atoms with van der Waals surface area (Å²) in [5, 5.41) is 2.55. The highest BCUT2D eigenvalue weighted by Crippen LogP contribution is 2.35. The highest BCUT2D eigenvalue weighted by atomic mass is 35.5. The largest absolute Gasteiger partial charge is 0.277 e. The van der Waals surface area contributed by atoms with E-state index in [1.807, 2.05) is 31.2 Å². The van der Waals surface area contributed by atoms with Crippen LogP contribution in [0.1, 0.15) is 5.56 Å². The summed E-state index contributed by atoms with van der Waals surface area (Å²) in [7, 11) is 0. The van der Waals surface area contributed by atoms with Crippen molar-refractivity contribution in [3.8, 4) is 0 Å². The van der Waals surface area contributed by atoms with Crippen LogP contribution in [-0.2, 0) is 0 Å². The lowest BCUT2D eigenvalue weighted by atomic mass is 10.2. The average Bonchev–Trinajstić information content (AvgIpc) is 2.29. The van der Waals surface area contributed by atoms with Crippen LogP contribution >= 0.6 is 23.2 Å². The van der Waals surface area contributed by atoms with E-state index in [0.717, 1.165) is 5.69 Å². The van der Waals surface area contributed by atoms with E-state index in [-0.39, 0.29) is 0 Å². The molecule has 0 bridgehead atoms. The predicted molar refractivity (Wildman–Crippen MR) is 74.0 cm³/mol. The SMILES string of the molecule is Cc1ccc(N(N)c2c(Cl)cccc2Cl)cc1. The normalized spacial score (nSPS) is 10.4. The first-order valence-electron chi connectivity index (χ1n) is 5.15. The second-order valence-corrected chi connectivity index (χ2v) is 4.59. The molecule has 17 heavy (non-hydrogen) atoms. The fraction of sp³-hybridized carbons (Fsp3) is 0.0769. The molecule has 2 aromatic carbocycles. The van der Waals surface area contributed by atoms with Crippen molar-refractivity contribution in [1.82, 2.24) is 0 Å². The van der Waals surface area contributed by atoms with E-state index in [1.54, 1.807) is 18.2 Å². The van der Waals surface area contributed by atoms with Gasteiger partial charge < -0.3 is 0 Å². The average molecular weight is 267 g/mol. The standard InChI is InChI=1S/C13H12Cl2N2/c1-9-5-7-10(8-6-9)17(16)13-11(14)3-2-4-12(13)15/h2-8H,16H2,1H3. The maximum atomic E-state index is 6.10.